The maximum absolute atomic E-state index is 11.4. The highest BCUT2D eigenvalue weighted by molar-refractivity contribution is 5.94. The average molecular weight is 180 g/mol. The molecule has 1 aliphatic rings. The lowest BCUT2D eigenvalue weighted by Crippen LogP contribution is -2.54. The lowest BCUT2D eigenvalue weighted by Gasteiger charge is -2.33. The topological polar surface area (TPSA) is 32.3 Å². The van der Waals surface area contributed by atoms with Gasteiger partial charge in [0, 0.05) is 26.2 Å². The predicted molar refractivity (Wildman–Crippen MR) is 53.6 cm³/mol. The number of rotatable bonds is 4. The fraction of sp³-hybridized carbons (Fsp3) is 0.500. The van der Waals surface area contributed by atoms with E-state index in [0.717, 1.165) is 26.2 Å². The number of hydrogen-bond acceptors (Lipinski definition) is 3. The smallest absolute Gasteiger partial charge is 0.173 e. The fourth-order valence-corrected chi connectivity index (χ4v) is 1.55. The number of piperazine rings is 1. The SMILES string of the molecule is C=CCN1CCNCC1C(=O)C=C. The van der Waals surface area contributed by atoms with E-state index in [0.29, 0.717) is 0 Å². The average Bonchev–Trinajstić information content (AvgIpc) is 2.18. The van der Waals surface area contributed by atoms with Gasteiger partial charge in [0.05, 0.1) is 6.04 Å². The van der Waals surface area contributed by atoms with E-state index < -0.39 is 0 Å². The zero-order chi connectivity index (χ0) is 9.68. The molecule has 1 fully saturated rings. The number of carbonyl (C=O) groups excluding carboxylic acids is 1. The van der Waals surface area contributed by atoms with Crippen molar-refractivity contribution in [1.29, 1.82) is 0 Å². The molecule has 1 aliphatic heterocycles. The van der Waals surface area contributed by atoms with Crippen LogP contribution in [-0.2, 0) is 4.79 Å². The Balaban J connectivity index is 2.60. The molecular formula is C10H16N2O. The van der Waals surface area contributed by atoms with Crippen LogP contribution in [0.1, 0.15) is 0 Å². The summed E-state index contributed by atoms with van der Waals surface area (Å²) in [4.78, 5) is 13.5. The standard InChI is InChI=1S/C10H16N2O/c1-3-6-12-7-5-11-8-9(12)10(13)4-2/h3-4,9,11H,1-2,5-8H2. The summed E-state index contributed by atoms with van der Waals surface area (Å²) in [6.07, 6.45) is 3.22. The van der Waals surface area contributed by atoms with E-state index in [1.165, 1.54) is 6.08 Å². The van der Waals surface area contributed by atoms with Crippen molar-refractivity contribution in [3.8, 4) is 0 Å². The molecule has 13 heavy (non-hydrogen) atoms. The zero-order valence-electron chi connectivity index (χ0n) is 7.83. The Hall–Kier alpha value is -0.930. The summed E-state index contributed by atoms with van der Waals surface area (Å²) in [6.45, 7) is 10.5. The molecule has 0 aliphatic carbocycles. The highest BCUT2D eigenvalue weighted by Gasteiger charge is 2.25. The van der Waals surface area contributed by atoms with Crippen molar-refractivity contribution in [2.24, 2.45) is 0 Å². The van der Waals surface area contributed by atoms with Crippen molar-refractivity contribution in [2.45, 2.75) is 6.04 Å². The maximum Gasteiger partial charge on any atom is 0.173 e. The van der Waals surface area contributed by atoms with Crippen LogP contribution in [0.25, 0.3) is 0 Å². The molecule has 1 rings (SSSR count). The second-order valence-corrected chi connectivity index (χ2v) is 3.11. The summed E-state index contributed by atoms with van der Waals surface area (Å²) >= 11 is 0. The fourth-order valence-electron chi connectivity index (χ4n) is 1.55. The molecule has 0 aromatic heterocycles. The van der Waals surface area contributed by atoms with Gasteiger partial charge in [-0.1, -0.05) is 12.7 Å². The van der Waals surface area contributed by atoms with Crippen molar-refractivity contribution in [3.63, 3.8) is 0 Å². The number of hydrogen-bond donors (Lipinski definition) is 1. The normalized spacial score (nSPS) is 23.8. The van der Waals surface area contributed by atoms with Crippen LogP contribution in [0.3, 0.4) is 0 Å². The summed E-state index contributed by atoms with van der Waals surface area (Å²) in [5.74, 6) is 0.0917. The van der Waals surface area contributed by atoms with Crippen molar-refractivity contribution in [3.05, 3.63) is 25.3 Å². The Bertz CT molecular complexity index is 213. The van der Waals surface area contributed by atoms with E-state index in [4.69, 9.17) is 0 Å². The van der Waals surface area contributed by atoms with Crippen molar-refractivity contribution in [1.82, 2.24) is 10.2 Å². The Kier molecular flexibility index (Phi) is 3.86. The number of carbonyl (C=O) groups is 1. The summed E-state index contributed by atoms with van der Waals surface area (Å²) in [5, 5.41) is 3.19. The van der Waals surface area contributed by atoms with Gasteiger partial charge in [0.1, 0.15) is 0 Å². The lowest BCUT2D eigenvalue weighted by atomic mass is 10.1. The first kappa shape index (κ1) is 10.2. The molecule has 1 N–H and O–H groups in total. The van der Waals surface area contributed by atoms with E-state index in [-0.39, 0.29) is 11.8 Å². The first-order chi connectivity index (χ1) is 6.29. The summed E-state index contributed by atoms with van der Waals surface area (Å²) in [6, 6.07) is -0.0516. The molecule has 0 aromatic carbocycles. The monoisotopic (exact) mass is 180 g/mol. The summed E-state index contributed by atoms with van der Waals surface area (Å²) < 4.78 is 0. The van der Waals surface area contributed by atoms with Gasteiger partial charge in [-0.15, -0.1) is 6.58 Å². The lowest BCUT2D eigenvalue weighted by molar-refractivity contribution is -0.119. The molecule has 1 unspecified atom stereocenters. The molecule has 1 atom stereocenters. The molecule has 1 heterocycles. The van der Waals surface area contributed by atoms with Gasteiger partial charge < -0.3 is 5.32 Å². The number of nitrogens with one attached hydrogen (secondary N) is 1. The molecule has 72 valence electrons. The summed E-state index contributed by atoms with van der Waals surface area (Å²) in [5.41, 5.74) is 0. The van der Waals surface area contributed by atoms with Crippen LogP contribution in [-0.4, -0.2) is 42.9 Å². The molecule has 0 radical (unpaired) electrons. The second-order valence-electron chi connectivity index (χ2n) is 3.11. The third-order valence-corrected chi connectivity index (χ3v) is 2.25. The maximum atomic E-state index is 11.4. The van der Waals surface area contributed by atoms with Gasteiger partial charge in [0.15, 0.2) is 5.78 Å². The largest absolute Gasteiger partial charge is 0.313 e. The molecule has 0 aromatic rings. The number of ketones is 1. The minimum atomic E-state index is -0.0516. The quantitative estimate of drug-likeness (QED) is 0.495. The summed E-state index contributed by atoms with van der Waals surface area (Å²) in [7, 11) is 0. The molecule has 0 bridgehead atoms. The number of nitrogens with zero attached hydrogens (tertiary/aromatic N) is 1. The Labute approximate surface area is 79.1 Å². The van der Waals surface area contributed by atoms with E-state index in [9.17, 15) is 4.79 Å². The van der Waals surface area contributed by atoms with Gasteiger partial charge in [-0.3, -0.25) is 9.69 Å². The van der Waals surface area contributed by atoms with E-state index in [1.807, 2.05) is 6.08 Å². The molecule has 0 spiro atoms. The molecular weight excluding hydrogens is 164 g/mol. The van der Waals surface area contributed by atoms with Gasteiger partial charge in [-0.05, 0) is 6.08 Å². The van der Waals surface area contributed by atoms with Crippen LogP contribution in [0.2, 0.25) is 0 Å². The van der Waals surface area contributed by atoms with Gasteiger partial charge >= 0.3 is 0 Å². The van der Waals surface area contributed by atoms with Crippen molar-refractivity contribution >= 4 is 5.78 Å². The van der Waals surface area contributed by atoms with Crippen LogP contribution in [0.15, 0.2) is 25.3 Å². The van der Waals surface area contributed by atoms with Gasteiger partial charge in [-0.2, -0.15) is 0 Å². The van der Waals surface area contributed by atoms with Gasteiger partial charge in [0.25, 0.3) is 0 Å². The van der Waals surface area contributed by atoms with Gasteiger partial charge in [-0.25, -0.2) is 0 Å². The Morgan fingerprint density at radius 2 is 2.38 bits per heavy atom. The molecule has 0 amide bonds. The van der Waals surface area contributed by atoms with Crippen LogP contribution in [0.4, 0.5) is 0 Å². The van der Waals surface area contributed by atoms with E-state index >= 15 is 0 Å². The first-order valence-corrected chi connectivity index (χ1v) is 4.51. The van der Waals surface area contributed by atoms with Gasteiger partial charge in [0.2, 0.25) is 0 Å². The first-order valence-electron chi connectivity index (χ1n) is 4.51. The minimum Gasteiger partial charge on any atom is -0.313 e. The highest BCUT2D eigenvalue weighted by Crippen LogP contribution is 2.04. The van der Waals surface area contributed by atoms with Crippen LogP contribution in [0.5, 0.6) is 0 Å². The van der Waals surface area contributed by atoms with Crippen molar-refractivity contribution in [2.75, 3.05) is 26.2 Å². The molecule has 0 saturated carbocycles. The third-order valence-electron chi connectivity index (χ3n) is 2.25. The minimum absolute atomic E-state index is 0.0516. The molecule has 3 nitrogen and oxygen atoms in total. The van der Waals surface area contributed by atoms with E-state index in [2.05, 4.69) is 23.4 Å². The molecule has 3 heteroatoms. The Morgan fingerprint density at radius 3 is 3.00 bits per heavy atom. The highest BCUT2D eigenvalue weighted by atomic mass is 16.1. The Morgan fingerprint density at radius 1 is 1.62 bits per heavy atom. The van der Waals surface area contributed by atoms with Crippen LogP contribution >= 0.6 is 0 Å². The third kappa shape index (κ3) is 2.50. The predicted octanol–water partition coefficient (Wildman–Crippen LogP) is 0.201. The van der Waals surface area contributed by atoms with Crippen LogP contribution < -0.4 is 5.32 Å². The molecule has 1 saturated heterocycles. The zero-order valence-corrected chi connectivity index (χ0v) is 7.83. The van der Waals surface area contributed by atoms with Crippen LogP contribution in [0, 0.1) is 0 Å². The second kappa shape index (κ2) is 4.94. The van der Waals surface area contributed by atoms with Crippen molar-refractivity contribution < 1.29 is 4.79 Å². The van der Waals surface area contributed by atoms with E-state index in [1.54, 1.807) is 0 Å².